The van der Waals surface area contributed by atoms with E-state index in [1.807, 2.05) is 19.2 Å². The normalized spacial score (nSPS) is 10.5. The van der Waals surface area contributed by atoms with Crippen LogP contribution < -0.4 is 4.90 Å². The molecule has 1 heterocycles. The highest BCUT2D eigenvalue weighted by atomic mass is 79.9. The number of ketones is 1. The topological polar surface area (TPSA) is 20.3 Å². The number of hydrogen-bond acceptors (Lipinski definition) is 3. The van der Waals surface area contributed by atoms with Crippen LogP contribution in [-0.4, -0.2) is 12.8 Å². The number of halogens is 2. The maximum Gasteiger partial charge on any atom is 0.161 e. The van der Waals surface area contributed by atoms with Gasteiger partial charge in [-0.1, -0.05) is 11.6 Å². The molecule has 5 heteroatoms. The zero-order chi connectivity index (χ0) is 14.0. The third kappa shape index (κ3) is 3.59. The minimum absolute atomic E-state index is 0.0130. The molecule has 0 unspecified atom stereocenters. The summed E-state index contributed by atoms with van der Waals surface area (Å²) in [6, 6.07) is 7.64. The summed E-state index contributed by atoms with van der Waals surface area (Å²) >= 11 is 11.2. The van der Waals surface area contributed by atoms with Crippen LogP contribution in [0.1, 0.15) is 22.8 Å². The first-order valence-electron chi connectivity index (χ1n) is 5.72. The Labute approximate surface area is 130 Å². The minimum atomic E-state index is -0.0130. The molecule has 0 N–H and O–H groups in total. The standard InChI is InChI=1S/C14H13BrClNOS/c1-9(18)12-4-3-11(6-13(12)16)17(2)7-10-5-14(15)19-8-10/h3-6,8H,7H2,1-2H3. The Hall–Kier alpha value is -0.840. The maximum atomic E-state index is 11.3. The summed E-state index contributed by atoms with van der Waals surface area (Å²) in [6.07, 6.45) is 0. The first kappa shape index (κ1) is 14.6. The first-order valence-corrected chi connectivity index (χ1v) is 7.77. The SMILES string of the molecule is CC(=O)c1ccc(N(C)Cc2csc(Br)c2)cc1Cl. The summed E-state index contributed by atoms with van der Waals surface area (Å²) in [5, 5.41) is 2.62. The van der Waals surface area contributed by atoms with Gasteiger partial charge in [0.15, 0.2) is 5.78 Å². The molecule has 2 aromatic rings. The van der Waals surface area contributed by atoms with E-state index in [-0.39, 0.29) is 5.78 Å². The minimum Gasteiger partial charge on any atom is -0.370 e. The highest BCUT2D eigenvalue weighted by molar-refractivity contribution is 9.11. The highest BCUT2D eigenvalue weighted by Gasteiger charge is 2.09. The van der Waals surface area contributed by atoms with Crippen LogP contribution in [0.25, 0.3) is 0 Å². The number of nitrogens with zero attached hydrogens (tertiary/aromatic N) is 1. The van der Waals surface area contributed by atoms with E-state index in [1.165, 1.54) is 12.5 Å². The molecule has 2 rings (SSSR count). The average molecular weight is 359 g/mol. The van der Waals surface area contributed by atoms with Gasteiger partial charge in [-0.05, 0) is 58.1 Å². The van der Waals surface area contributed by atoms with Crippen molar-refractivity contribution in [2.24, 2.45) is 0 Å². The first-order chi connectivity index (χ1) is 8.97. The molecule has 0 fully saturated rings. The van der Waals surface area contributed by atoms with E-state index in [9.17, 15) is 4.79 Å². The number of Topliss-reactive ketones (excluding diaryl/α,β-unsaturated/α-hetero) is 1. The number of anilines is 1. The van der Waals surface area contributed by atoms with Crippen LogP contribution in [-0.2, 0) is 6.54 Å². The van der Waals surface area contributed by atoms with E-state index in [0.717, 1.165) is 16.0 Å². The van der Waals surface area contributed by atoms with E-state index in [2.05, 4.69) is 32.3 Å². The van der Waals surface area contributed by atoms with Crippen LogP contribution >= 0.6 is 38.9 Å². The summed E-state index contributed by atoms with van der Waals surface area (Å²) in [5.41, 5.74) is 2.81. The van der Waals surface area contributed by atoms with Gasteiger partial charge in [0.1, 0.15) is 0 Å². The fourth-order valence-corrected chi connectivity index (χ4v) is 3.33. The Morgan fingerprint density at radius 1 is 1.42 bits per heavy atom. The summed E-state index contributed by atoms with van der Waals surface area (Å²) < 4.78 is 1.13. The van der Waals surface area contributed by atoms with Gasteiger partial charge < -0.3 is 4.90 Å². The Kier molecular flexibility index (Phi) is 4.66. The lowest BCUT2D eigenvalue weighted by molar-refractivity contribution is 0.101. The van der Waals surface area contributed by atoms with Crippen molar-refractivity contribution in [2.75, 3.05) is 11.9 Å². The zero-order valence-corrected chi connectivity index (χ0v) is 13.8. The molecular formula is C14H13BrClNOS. The van der Waals surface area contributed by atoms with Crippen molar-refractivity contribution in [3.63, 3.8) is 0 Å². The van der Waals surface area contributed by atoms with Gasteiger partial charge in [0, 0.05) is 24.8 Å². The number of hydrogen-bond donors (Lipinski definition) is 0. The number of thiophene rings is 1. The van der Waals surface area contributed by atoms with E-state index < -0.39 is 0 Å². The van der Waals surface area contributed by atoms with Crippen LogP contribution in [0.4, 0.5) is 5.69 Å². The van der Waals surface area contributed by atoms with Gasteiger partial charge in [0.2, 0.25) is 0 Å². The van der Waals surface area contributed by atoms with Gasteiger partial charge in [-0.3, -0.25) is 4.79 Å². The summed E-state index contributed by atoms with van der Waals surface area (Å²) in [6.45, 7) is 2.32. The molecule has 0 radical (unpaired) electrons. The number of rotatable bonds is 4. The zero-order valence-electron chi connectivity index (χ0n) is 10.6. The van der Waals surface area contributed by atoms with Gasteiger partial charge in [-0.15, -0.1) is 11.3 Å². The van der Waals surface area contributed by atoms with Crippen molar-refractivity contribution in [1.29, 1.82) is 0 Å². The van der Waals surface area contributed by atoms with Crippen molar-refractivity contribution < 1.29 is 4.79 Å². The average Bonchev–Trinajstić information content (AvgIpc) is 2.74. The number of carbonyl (C=O) groups is 1. The Bertz CT molecular complexity index is 611. The Balaban J connectivity index is 2.17. The van der Waals surface area contributed by atoms with E-state index in [1.54, 1.807) is 17.4 Å². The maximum absolute atomic E-state index is 11.3. The van der Waals surface area contributed by atoms with Crippen molar-refractivity contribution in [1.82, 2.24) is 0 Å². The lowest BCUT2D eigenvalue weighted by atomic mass is 10.1. The molecule has 0 aliphatic heterocycles. The van der Waals surface area contributed by atoms with Crippen LogP contribution in [0, 0.1) is 0 Å². The van der Waals surface area contributed by atoms with Crippen molar-refractivity contribution in [3.05, 3.63) is 49.6 Å². The number of carbonyl (C=O) groups excluding carboxylic acids is 1. The lowest BCUT2D eigenvalue weighted by Crippen LogP contribution is -2.16. The van der Waals surface area contributed by atoms with E-state index in [0.29, 0.717) is 10.6 Å². The molecule has 19 heavy (non-hydrogen) atoms. The predicted molar refractivity (Wildman–Crippen MR) is 85.6 cm³/mol. The van der Waals surface area contributed by atoms with Gasteiger partial charge in [-0.2, -0.15) is 0 Å². The molecule has 0 saturated heterocycles. The second-order valence-electron chi connectivity index (χ2n) is 4.34. The smallest absolute Gasteiger partial charge is 0.161 e. The van der Waals surface area contributed by atoms with Crippen LogP contribution in [0.3, 0.4) is 0 Å². The van der Waals surface area contributed by atoms with Gasteiger partial charge in [-0.25, -0.2) is 0 Å². The molecule has 1 aromatic carbocycles. The molecular weight excluding hydrogens is 346 g/mol. The molecule has 0 atom stereocenters. The molecule has 0 saturated carbocycles. The van der Waals surface area contributed by atoms with E-state index >= 15 is 0 Å². The second kappa shape index (κ2) is 6.07. The molecule has 1 aromatic heterocycles. The van der Waals surface area contributed by atoms with Crippen molar-refractivity contribution in [2.45, 2.75) is 13.5 Å². The predicted octanol–water partition coefficient (Wildman–Crippen LogP) is 5.00. The molecule has 0 amide bonds. The van der Waals surface area contributed by atoms with Gasteiger partial charge >= 0.3 is 0 Å². The highest BCUT2D eigenvalue weighted by Crippen LogP contribution is 2.26. The Morgan fingerprint density at radius 3 is 2.68 bits per heavy atom. The summed E-state index contributed by atoms with van der Waals surface area (Å²) in [4.78, 5) is 13.4. The number of benzene rings is 1. The molecule has 0 bridgehead atoms. The quantitative estimate of drug-likeness (QED) is 0.717. The van der Waals surface area contributed by atoms with E-state index in [4.69, 9.17) is 11.6 Å². The summed E-state index contributed by atoms with van der Waals surface area (Å²) in [5.74, 6) is -0.0130. The third-order valence-electron chi connectivity index (χ3n) is 2.81. The van der Waals surface area contributed by atoms with Crippen LogP contribution in [0.5, 0.6) is 0 Å². The van der Waals surface area contributed by atoms with Crippen molar-refractivity contribution >= 4 is 50.3 Å². The lowest BCUT2D eigenvalue weighted by Gasteiger charge is -2.19. The molecule has 0 aliphatic carbocycles. The monoisotopic (exact) mass is 357 g/mol. The van der Waals surface area contributed by atoms with Crippen LogP contribution in [0.15, 0.2) is 33.4 Å². The fraction of sp³-hybridized carbons (Fsp3) is 0.214. The molecule has 0 aliphatic rings. The third-order valence-corrected chi connectivity index (χ3v) is 4.68. The van der Waals surface area contributed by atoms with Crippen LogP contribution in [0.2, 0.25) is 5.02 Å². The molecule has 2 nitrogen and oxygen atoms in total. The van der Waals surface area contributed by atoms with Crippen molar-refractivity contribution in [3.8, 4) is 0 Å². The summed E-state index contributed by atoms with van der Waals surface area (Å²) in [7, 11) is 2.00. The molecule has 100 valence electrons. The fourth-order valence-electron chi connectivity index (χ4n) is 1.82. The second-order valence-corrected chi connectivity index (χ2v) is 7.03. The van der Waals surface area contributed by atoms with Gasteiger partial charge in [0.05, 0.1) is 8.81 Å². The van der Waals surface area contributed by atoms with Gasteiger partial charge in [0.25, 0.3) is 0 Å². The largest absolute Gasteiger partial charge is 0.370 e. The Morgan fingerprint density at radius 2 is 2.16 bits per heavy atom. The molecule has 0 spiro atoms.